The van der Waals surface area contributed by atoms with E-state index in [0.29, 0.717) is 11.0 Å². The van der Waals surface area contributed by atoms with Crippen LogP contribution < -0.4 is 4.31 Å². The van der Waals surface area contributed by atoms with Crippen molar-refractivity contribution in [1.82, 2.24) is 0 Å². The summed E-state index contributed by atoms with van der Waals surface area (Å²) in [4.78, 5) is 12.7. The van der Waals surface area contributed by atoms with Gasteiger partial charge in [-0.25, -0.2) is 0 Å². The highest BCUT2D eigenvalue weighted by molar-refractivity contribution is 7.88. The second-order valence-electron chi connectivity index (χ2n) is 6.07. The van der Waals surface area contributed by atoms with Gasteiger partial charge in [0, 0.05) is 5.39 Å². The van der Waals surface area contributed by atoms with Crippen LogP contribution in [0.15, 0.2) is 89.3 Å². The molecule has 0 N–H and O–H groups in total. The third kappa shape index (κ3) is 3.39. The molecule has 0 aliphatic carbocycles. The third-order valence-corrected chi connectivity index (χ3v) is 5.06. The van der Waals surface area contributed by atoms with Crippen molar-refractivity contribution in [1.29, 1.82) is 0 Å². The van der Waals surface area contributed by atoms with E-state index in [1.807, 2.05) is 30.3 Å². The van der Waals surface area contributed by atoms with Crippen LogP contribution in [-0.2, 0) is 10.4 Å². The smallest absolute Gasteiger partial charge is 0.406 e. The summed E-state index contributed by atoms with van der Waals surface area (Å²) < 4.78 is 42.9. The van der Waals surface area contributed by atoms with Crippen LogP contribution >= 0.6 is 0 Å². The lowest BCUT2D eigenvalue weighted by Crippen LogP contribution is -2.34. The molecule has 0 fully saturated rings. The average molecular weight is 395 g/mol. The first-order valence-corrected chi connectivity index (χ1v) is 9.71. The Morgan fingerprint density at radius 1 is 0.821 bits per heavy atom. The molecule has 1 heterocycles. The minimum absolute atomic E-state index is 0.0967. The fourth-order valence-corrected chi connectivity index (χ4v) is 3.61. The number of amides is 1. The predicted molar refractivity (Wildman–Crippen MR) is 105 cm³/mol. The van der Waals surface area contributed by atoms with E-state index in [9.17, 15) is 17.1 Å². The van der Waals surface area contributed by atoms with E-state index in [4.69, 9.17) is 4.42 Å². The molecule has 0 spiro atoms. The molecular weight excluding hydrogens is 381 g/mol. The molecule has 0 saturated heterocycles. The summed E-state index contributed by atoms with van der Waals surface area (Å²) in [5, 5.41) is 0.612. The van der Waals surface area contributed by atoms with Crippen molar-refractivity contribution in [2.75, 3.05) is 4.31 Å². The lowest BCUT2D eigenvalue weighted by molar-refractivity contribution is 0.0980. The molecule has 1 aromatic heterocycles. The van der Waals surface area contributed by atoms with Gasteiger partial charge in [0.15, 0.2) is 5.76 Å². The maximum atomic E-state index is 14.0. The number of hydrogen-bond donors (Lipinski definition) is 0. The topological polar surface area (TPSA) is 67.6 Å². The quantitative estimate of drug-likeness (QED) is 0.458. The van der Waals surface area contributed by atoms with Gasteiger partial charge in [-0.05, 0) is 35.4 Å². The largest absolute Gasteiger partial charge is 0.451 e. The second kappa shape index (κ2) is 6.94. The lowest BCUT2D eigenvalue weighted by atomic mass is 10.1. The molecule has 0 bridgehead atoms. The fourth-order valence-electron chi connectivity index (χ4n) is 2.95. The van der Waals surface area contributed by atoms with Crippen molar-refractivity contribution in [2.45, 2.75) is 0 Å². The number of carbonyl (C=O) groups is 1. The number of nitrogens with zero attached hydrogens (tertiary/aromatic N) is 1. The van der Waals surface area contributed by atoms with Crippen LogP contribution in [0, 0.1) is 0 Å². The second-order valence-corrected chi connectivity index (χ2v) is 7.26. The number of benzene rings is 3. The van der Waals surface area contributed by atoms with E-state index in [2.05, 4.69) is 0 Å². The van der Waals surface area contributed by atoms with Crippen molar-refractivity contribution in [3.63, 3.8) is 0 Å². The molecule has 1 amide bonds. The zero-order valence-corrected chi connectivity index (χ0v) is 15.3. The van der Waals surface area contributed by atoms with Crippen LogP contribution in [0.25, 0.3) is 22.1 Å². The molecule has 4 rings (SSSR count). The van der Waals surface area contributed by atoms with E-state index in [1.54, 1.807) is 36.4 Å². The minimum Gasteiger partial charge on any atom is -0.451 e. The van der Waals surface area contributed by atoms with Crippen LogP contribution in [0.1, 0.15) is 10.6 Å². The van der Waals surface area contributed by atoms with Crippen LogP contribution in [0.5, 0.6) is 0 Å². The highest BCUT2D eigenvalue weighted by Gasteiger charge is 2.32. The number of hydrogen-bond acceptors (Lipinski definition) is 4. The maximum Gasteiger partial charge on any atom is 0.406 e. The first kappa shape index (κ1) is 17.9. The SMILES string of the molecule is O=C(c1cc2ccccc2o1)N(c1ccc(-c2ccccc2)cc1)S(=O)(=O)F. The summed E-state index contributed by atoms with van der Waals surface area (Å²) in [5.74, 6) is -1.37. The van der Waals surface area contributed by atoms with E-state index >= 15 is 0 Å². The van der Waals surface area contributed by atoms with Gasteiger partial charge in [0.05, 0.1) is 5.69 Å². The fraction of sp³-hybridized carbons (Fsp3) is 0. The van der Waals surface area contributed by atoms with Crippen molar-refractivity contribution >= 4 is 33.0 Å². The van der Waals surface area contributed by atoms with E-state index in [-0.39, 0.29) is 15.8 Å². The van der Waals surface area contributed by atoms with Crippen molar-refractivity contribution in [2.24, 2.45) is 0 Å². The minimum atomic E-state index is -5.36. The van der Waals surface area contributed by atoms with Crippen molar-refractivity contribution in [3.05, 3.63) is 90.7 Å². The molecule has 0 unspecified atom stereocenters. The summed E-state index contributed by atoms with van der Waals surface area (Å²) in [5.41, 5.74) is 2.00. The van der Waals surface area contributed by atoms with Crippen LogP contribution in [0.3, 0.4) is 0 Å². The maximum absolute atomic E-state index is 14.0. The highest BCUT2D eigenvalue weighted by atomic mass is 32.3. The van der Waals surface area contributed by atoms with Crippen molar-refractivity contribution in [3.8, 4) is 11.1 Å². The molecule has 3 aromatic carbocycles. The van der Waals surface area contributed by atoms with Gasteiger partial charge >= 0.3 is 16.3 Å². The highest BCUT2D eigenvalue weighted by Crippen LogP contribution is 2.28. The summed E-state index contributed by atoms with van der Waals surface area (Å²) in [6.07, 6.45) is 0. The Labute approximate surface area is 161 Å². The standard InChI is InChI=1S/C21H14FNO4S/c22-28(25,26)23(21(24)20-14-17-8-4-5-9-19(17)27-20)18-12-10-16(11-13-18)15-6-2-1-3-7-15/h1-14H. The normalized spacial score (nSPS) is 11.5. The van der Waals surface area contributed by atoms with Gasteiger partial charge in [0.1, 0.15) is 5.58 Å². The number of carbonyl (C=O) groups excluding carboxylic acids is 1. The first-order valence-electron chi connectivity index (χ1n) is 8.37. The Kier molecular flexibility index (Phi) is 4.44. The third-order valence-electron chi connectivity index (χ3n) is 4.25. The number of furan rings is 1. The molecule has 28 heavy (non-hydrogen) atoms. The number of fused-ring (bicyclic) bond motifs is 1. The monoisotopic (exact) mass is 395 g/mol. The molecule has 140 valence electrons. The molecule has 0 atom stereocenters. The van der Waals surface area contributed by atoms with Gasteiger partial charge in [-0.15, -0.1) is 0 Å². The van der Waals surface area contributed by atoms with Crippen LogP contribution in [0.2, 0.25) is 0 Å². The molecule has 7 heteroatoms. The number of anilines is 1. The Hall–Kier alpha value is -3.45. The van der Waals surface area contributed by atoms with E-state index < -0.39 is 16.3 Å². The van der Waals surface area contributed by atoms with Gasteiger partial charge in [-0.1, -0.05) is 64.5 Å². The molecule has 0 aliphatic rings. The average Bonchev–Trinajstić information content (AvgIpc) is 3.13. The van der Waals surface area contributed by atoms with Gasteiger partial charge in [0.25, 0.3) is 0 Å². The summed E-state index contributed by atoms with van der Waals surface area (Å²) in [6.45, 7) is 0. The summed E-state index contributed by atoms with van der Waals surface area (Å²) in [7, 11) is -5.36. The zero-order chi connectivity index (χ0) is 19.7. The van der Waals surface area contributed by atoms with Gasteiger partial charge < -0.3 is 4.42 Å². The molecule has 0 saturated carbocycles. The Morgan fingerprint density at radius 2 is 1.43 bits per heavy atom. The number of para-hydroxylation sites is 1. The Balaban J connectivity index is 1.73. The number of rotatable bonds is 4. The van der Waals surface area contributed by atoms with E-state index in [0.717, 1.165) is 11.1 Å². The lowest BCUT2D eigenvalue weighted by Gasteiger charge is -2.17. The molecule has 0 radical (unpaired) electrons. The Morgan fingerprint density at radius 3 is 2.07 bits per heavy atom. The van der Waals surface area contributed by atoms with Crippen LogP contribution in [0.4, 0.5) is 9.57 Å². The first-order chi connectivity index (χ1) is 13.4. The summed E-state index contributed by atoms with van der Waals surface area (Å²) in [6, 6.07) is 23.6. The molecule has 0 aliphatic heterocycles. The van der Waals surface area contributed by atoms with E-state index in [1.165, 1.54) is 18.2 Å². The van der Waals surface area contributed by atoms with Gasteiger partial charge in [-0.2, -0.15) is 12.7 Å². The van der Waals surface area contributed by atoms with Crippen LogP contribution in [-0.4, -0.2) is 14.3 Å². The summed E-state index contributed by atoms with van der Waals surface area (Å²) >= 11 is 0. The molecule has 4 aromatic rings. The molecular formula is C21H14FNO4S. The van der Waals surface area contributed by atoms with Gasteiger partial charge in [-0.3, -0.25) is 4.79 Å². The van der Waals surface area contributed by atoms with Gasteiger partial charge in [0.2, 0.25) is 0 Å². The molecule has 5 nitrogen and oxygen atoms in total. The zero-order valence-electron chi connectivity index (χ0n) is 14.4. The Bertz CT molecular complexity index is 1220. The predicted octanol–water partition coefficient (Wildman–Crippen LogP) is 4.96. The van der Waals surface area contributed by atoms with Crippen molar-refractivity contribution < 1.29 is 21.5 Å². The number of halogens is 1.